The van der Waals surface area contributed by atoms with Crippen LogP contribution >= 0.6 is 0 Å². The van der Waals surface area contributed by atoms with Crippen molar-refractivity contribution in [2.75, 3.05) is 13.7 Å². The standard InChI is InChI=1S/C6H12NO/c1-5(8-2)6-3-4-7-6/h5-6H,3-4H2,1-2H3. The van der Waals surface area contributed by atoms with Crippen LogP contribution in [0.15, 0.2) is 0 Å². The molecule has 2 heteroatoms. The SMILES string of the molecule is COC(C)C1CC[N]1. The second-order valence-corrected chi connectivity index (χ2v) is 2.20. The average Bonchev–Trinajstić information content (AvgIpc) is 1.62. The Morgan fingerprint density at radius 3 is 2.50 bits per heavy atom. The van der Waals surface area contributed by atoms with Crippen LogP contribution in [0, 0.1) is 0 Å². The fourth-order valence-electron chi connectivity index (χ4n) is 0.818. The van der Waals surface area contributed by atoms with Gasteiger partial charge in [-0.3, -0.25) is 0 Å². The molecule has 0 bridgehead atoms. The highest BCUT2D eigenvalue weighted by molar-refractivity contribution is 4.81. The van der Waals surface area contributed by atoms with Crippen LogP contribution in [0.25, 0.3) is 0 Å². The van der Waals surface area contributed by atoms with Gasteiger partial charge in [0.15, 0.2) is 0 Å². The highest BCUT2D eigenvalue weighted by Crippen LogP contribution is 2.10. The van der Waals surface area contributed by atoms with Gasteiger partial charge in [-0.2, -0.15) is 0 Å². The number of hydrogen-bond acceptors (Lipinski definition) is 1. The lowest BCUT2D eigenvalue weighted by atomic mass is 10.0. The van der Waals surface area contributed by atoms with E-state index in [0.29, 0.717) is 12.1 Å². The summed E-state index contributed by atoms with van der Waals surface area (Å²) in [6, 6.07) is 0.500. The highest BCUT2D eigenvalue weighted by atomic mass is 16.5. The van der Waals surface area contributed by atoms with Gasteiger partial charge < -0.3 is 4.74 Å². The summed E-state index contributed by atoms with van der Waals surface area (Å²) in [5, 5.41) is 4.21. The molecule has 47 valence electrons. The molecular formula is C6H12NO. The third-order valence-electron chi connectivity index (χ3n) is 1.70. The van der Waals surface area contributed by atoms with E-state index in [0.717, 1.165) is 6.54 Å². The molecule has 0 aliphatic carbocycles. The van der Waals surface area contributed by atoms with Gasteiger partial charge in [-0.15, -0.1) is 0 Å². The van der Waals surface area contributed by atoms with Crippen molar-refractivity contribution in [2.24, 2.45) is 0 Å². The van der Waals surface area contributed by atoms with Crippen LogP contribution in [0.5, 0.6) is 0 Å². The van der Waals surface area contributed by atoms with Gasteiger partial charge in [0.25, 0.3) is 0 Å². The van der Waals surface area contributed by atoms with Crippen LogP contribution < -0.4 is 5.32 Å². The van der Waals surface area contributed by atoms with Crippen molar-refractivity contribution < 1.29 is 4.74 Å². The number of hydrogen-bond donors (Lipinski definition) is 0. The molecule has 2 nitrogen and oxygen atoms in total. The van der Waals surface area contributed by atoms with Crippen LogP contribution in [0.2, 0.25) is 0 Å². The zero-order chi connectivity index (χ0) is 5.98. The van der Waals surface area contributed by atoms with Gasteiger partial charge in [0, 0.05) is 13.7 Å². The molecule has 1 heterocycles. The summed E-state index contributed by atoms with van der Waals surface area (Å²) in [5.74, 6) is 0. The Morgan fingerprint density at radius 1 is 1.75 bits per heavy atom. The van der Waals surface area contributed by atoms with Crippen molar-refractivity contribution in [1.29, 1.82) is 0 Å². The maximum absolute atomic E-state index is 5.06. The van der Waals surface area contributed by atoms with Crippen molar-refractivity contribution in [3.63, 3.8) is 0 Å². The molecule has 1 aliphatic heterocycles. The largest absolute Gasteiger partial charge is 0.380 e. The third kappa shape index (κ3) is 1.01. The van der Waals surface area contributed by atoms with Gasteiger partial charge in [-0.25, -0.2) is 5.32 Å². The lowest BCUT2D eigenvalue weighted by Crippen LogP contribution is -2.44. The first-order valence-corrected chi connectivity index (χ1v) is 3.04. The smallest absolute Gasteiger partial charge is 0.0712 e. The molecule has 0 aromatic rings. The highest BCUT2D eigenvalue weighted by Gasteiger charge is 2.23. The first-order chi connectivity index (χ1) is 3.84. The monoisotopic (exact) mass is 114 g/mol. The van der Waals surface area contributed by atoms with E-state index in [-0.39, 0.29) is 0 Å². The molecule has 2 unspecified atom stereocenters. The molecule has 1 aliphatic rings. The van der Waals surface area contributed by atoms with Crippen molar-refractivity contribution in [2.45, 2.75) is 25.5 Å². The van der Waals surface area contributed by atoms with Gasteiger partial charge in [0.05, 0.1) is 12.1 Å². The molecule has 0 N–H and O–H groups in total. The van der Waals surface area contributed by atoms with E-state index in [4.69, 9.17) is 4.74 Å². The minimum atomic E-state index is 0.337. The Bertz CT molecular complexity index is 68.2. The molecule has 1 rings (SSSR count). The molecule has 1 saturated heterocycles. The molecule has 0 amide bonds. The van der Waals surface area contributed by atoms with Gasteiger partial charge in [-0.1, -0.05) is 0 Å². The van der Waals surface area contributed by atoms with Gasteiger partial charge in [0.1, 0.15) is 0 Å². The quantitative estimate of drug-likeness (QED) is 0.509. The van der Waals surface area contributed by atoms with Crippen LogP contribution in [0.1, 0.15) is 13.3 Å². The van der Waals surface area contributed by atoms with Gasteiger partial charge in [0.2, 0.25) is 0 Å². The van der Waals surface area contributed by atoms with Crippen LogP contribution in [0.3, 0.4) is 0 Å². The summed E-state index contributed by atoms with van der Waals surface area (Å²) in [6.07, 6.45) is 1.55. The van der Waals surface area contributed by atoms with E-state index in [1.165, 1.54) is 6.42 Å². The molecule has 8 heavy (non-hydrogen) atoms. The summed E-state index contributed by atoms with van der Waals surface area (Å²) >= 11 is 0. The first kappa shape index (κ1) is 6.05. The third-order valence-corrected chi connectivity index (χ3v) is 1.70. The zero-order valence-corrected chi connectivity index (χ0v) is 5.42. The fraction of sp³-hybridized carbons (Fsp3) is 1.00. The van der Waals surface area contributed by atoms with Crippen LogP contribution in [-0.2, 0) is 4.74 Å². The normalized spacial score (nSPS) is 31.5. The number of ether oxygens (including phenoxy) is 1. The average molecular weight is 114 g/mol. The summed E-state index contributed by atoms with van der Waals surface area (Å²) in [4.78, 5) is 0. The molecule has 1 radical (unpaired) electrons. The lowest BCUT2D eigenvalue weighted by Gasteiger charge is -2.29. The maximum atomic E-state index is 5.06. The summed E-state index contributed by atoms with van der Waals surface area (Å²) < 4.78 is 5.06. The number of methoxy groups -OCH3 is 1. The van der Waals surface area contributed by atoms with Crippen molar-refractivity contribution >= 4 is 0 Å². The van der Waals surface area contributed by atoms with Crippen LogP contribution in [0.4, 0.5) is 0 Å². The Morgan fingerprint density at radius 2 is 2.38 bits per heavy atom. The minimum Gasteiger partial charge on any atom is -0.380 e. The Hall–Kier alpha value is -0.0800. The van der Waals surface area contributed by atoms with Gasteiger partial charge >= 0.3 is 0 Å². The zero-order valence-electron chi connectivity index (χ0n) is 5.42. The van der Waals surface area contributed by atoms with E-state index >= 15 is 0 Å². The minimum absolute atomic E-state index is 0.337. The summed E-state index contributed by atoms with van der Waals surface area (Å²) in [5.41, 5.74) is 0. The van der Waals surface area contributed by atoms with E-state index in [1.54, 1.807) is 7.11 Å². The molecule has 0 aromatic heterocycles. The van der Waals surface area contributed by atoms with Crippen molar-refractivity contribution in [3.8, 4) is 0 Å². The predicted molar refractivity (Wildman–Crippen MR) is 31.9 cm³/mol. The molecule has 0 aromatic carbocycles. The fourth-order valence-corrected chi connectivity index (χ4v) is 0.818. The number of rotatable bonds is 2. The van der Waals surface area contributed by atoms with Gasteiger partial charge in [-0.05, 0) is 13.3 Å². The molecule has 2 atom stereocenters. The lowest BCUT2D eigenvalue weighted by molar-refractivity contribution is 0.0578. The van der Waals surface area contributed by atoms with E-state index in [2.05, 4.69) is 12.2 Å². The summed E-state index contributed by atoms with van der Waals surface area (Å²) in [6.45, 7) is 3.10. The van der Waals surface area contributed by atoms with Crippen molar-refractivity contribution in [1.82, 2.24) is 5.32 Å². The second-order valence-electron chi connectivity index (χ2n) is 2.20. The molecule has 0 spiro atoms. The topological polar surface area (TPSA) is 23.3 Å². The first-order valence-electron chi connectivity index (χ1n) is 3.04. The van der Waals surface area contributed by atoms with Crippen molar-refractivity contribution in [3.05, 3.63) is 0 Å². The van der Waals surface area contributed by atoms with E-state index in [9.17, 15) is 0 Å². The molecule has 1 fully saturated rings. The predicted octanol–water partition coefficient (Wildman–Crippen LogP) is 0.398. The summed E-state index contributed by atoms with van der Waals surface area (Å²) in [7, 11) is 1.73. The Labute approximate surface area is 50.2 Å². The Balaban J connectivity index is 2.13. The molecular weight excluding hydrogens is 102 g/mol. The van der Waals surface area contributed by atoms with Crippen LogP contribution in [-0.4, -0.2) is 25.8 Å². The number of nitrogens with zero attached hydrogens (tertiary/aromatic N) is 1. The second kappa shape index (κ2) is 2.46. The Kier molecular flexibility index (Phi) is 1.86. The van der Waals surface area contributed by atoms with E-state index in [1.807, 2.05) is 0 Å². The maximum Gasteiger partial charge on any atom is 0.0712 e. The van der Waals surface area contributed by atoms with E-state index < -0.39 is 0 Å². The molecule has 0 saturated carbocycles.